The van der Waals surface area contributed by atoms with Crippen LogP contribution >= 0.6 is 11.3 Å². The van der Waals surface area contributed by atoms with Gasteiger partial charge in [0.15, 0.2) is 0 Å². The van der Waals surface area contributed by atoms with E-state index in [0.717, 1.165) is 16.9 Å². The highest BCUT2D eigenvalue weighted by Gasteiger charge is 2.09. The number of benzene rings is 1. The Morgan fingerprint density at radius 1 is 1.50 bits per heavy atom. The first kappa shape index (κ1) is 12.5. The van der Waals surface area contributed by atoms with Gasteiger partial charge in [0.2, 0.25) is 0 Å². The monoisotopic (exact) mass is 266 g/mol. The van der Waals surface area contributed by atoms with Gasteiger partial charge in [-0.1, -0.05) is 17.4 Å². The van der Waals surface area contributed by atoms with Crippen molar-refractivity contribution in [3.05, 3.63) is 56.7 Å². The molecule has 0 saturated carbocycles. The fourth-order valence-electron chi connectivity index (χ4n) is 1.55. The molecule has 94 valence electrons. The van der Waals surface area contributed by atoms with E-state index in [-0.39, 0.29) is 10.8 Å². The first-order valence-corrected chi connectivity index (χ1v) is 6.16. The van der Waals surface area contributed by atoms with Crippen LogP contribution in [0.4, 0.5) is 15.1 Å². The molecule has 1 aromatic heterocycles. The number of nitro groups is 1. The van der Waals surface area contributed by atoms with Crippen LogP contribution in [0.2, 0.25) is 0 Å². The summed E-state index contributed by atoms with van der Waals surface area (Å²) in [5, 5.41) is 15.4. The van der Waals surface area contributed by atoms with E-state index in [2.05, 4.69) is 5.32 Å². The van der Waals surface area contributed by atoms with Gasteiger partial charge in [0.05, 0.1) is 4.92 Å². The molecular formula is C12H11FN2O2S. The normalized spacial score (nSPS) is 10.3. The third-order valence-corrected chi connectivity index (χ3v) is 3.50. The van der Waals surface area contributed by atoms with E-state index in [0.29, 0.717) is 17.8 Å². The maximum Gasteiger partial charge on any atom is 0.324 e. The van der Waals surface area contributed by atoms with E-state index >= 15 is 0 Å². The number of rotatable bonds is 4. The van der Waals surface area contributed by atoms with Crippen LogP contribution in [-0.2, 0) is 6.54 Å². The van der Waals surface area contributed by atoms with Crippen LogP contribution in [0.3, 0.4) is 0 Å². The highest BCUT2D eigenvalue weighted by Crippen LogP contribution is 2.24. The van der Waals surface area contributed by atoms with Crippen molar-refractivity contribution in [3.63, 3.8) is 0 Å². The summed E-state index contributed by atoms with van der Waals surface area (Å²) < 4.78 is 13.3. The highest BCUT2D eigenvalue weighted by molar-refractivity contribution is 7.13. The van der Waals surface area contributed by atoms with Crippen molar-refractivity contribution in [2.75, 3.05) is 5.32 Å². The molecule has 4 nitrogen and oxygen atoms in total. The average molecular weight is 266 g/mol. The molecule has 1 N–H and O–H groups in total. The summed E-state index contributed by atoms with van der Waals surface area (Å²) in [6.07, 6.45) is 0. The second-order valence-electron chi connectivity index (χ2n) is 3.82. The molecule has 0 amide bonds. The zero-order chi connectivity index (χ0) is 13.1. The van der Waals surface area contributed by atoms with E-state index < -0.39 is 4.92 Å². The molecule has 0 spiro atoms. The van der Waals surface area contributed by atoms with Gasteiger partial charge in [-0.2, -0.15) is 0 Å². The molecule has 2 rings (SSSR count). The summed E-state index contributed by atoms with van der Waals surface area (Å²) in [7, 11) is 0. The summed E-state index contributed by atoms with van der Waals surface area (Å²) in [6, 6.07) is 6.32. The van der Waals surface area contributed by atoms with Crippen LogP contribution in [0.25, 0.3) is 0 Å². The SMILES string of the molecule is Cc1c(F)cccc1NCc1csc([N+](=O)[O-])c1. The van der Waals surface area contributed by atoms with E-state index in [1.165, 1.54) is 12.1 Å². The lowest BCUT2D eigenvalue weighted by Crippen LogP contribution is -2.01. The van der Waals surface area contributed by atoms with Gasteiger partial charge in [-0.3, -0.25) is 10.1 Å². The third-order valence-electron chi connectivity index (χ3n) is 2.57. The van der Waals surface area contributed by atoms with Gasteiger partial charge in [0.1, 0.15) is 5.82 Å². The lowest BCUT2D eigenvalue weighted by atomic mass is 10.2. The predicted molar refractivity (Wildman–Crippen MR) is 69.4 cm³/mol. The fourth-order valence-corrected chi connectivity index (χ4v) is 2.28. The van der Waals surface area contributed by atoms with Crippen LogP contribution in [0.15, 0.2) is 29.6 Å². The second-order valence-corrected chi connectivity index (χ2v) is 4.71. The van der Waals surface area contributed by atoms with Crippen LogP contribution in [0.5, 0.6) is 0 Å². The molecule has 0 radical (unpaired) electrons. The lowest BCUT2D eigenvalue weighted by Gasteiger charge is -2.08. The molecule has 0 aliphatic heterocycles. The average Bonchev–Trinajstić information content (AvgIpc) is 2.80. The molecule has 0 atom stereocenters. The van der Waals surface area contributed by atoms with Crippen molar-refractivity contribution in [1.82, 2.24) is 0 Å². The number of anilines is 1. The number of thiophene rings is 1. The number of nitrogens with one attached hydrogen (secondary N) is 1. The first-order chi connectivity index (χ1) is 8.58. The van der Waals surface area contributed by atoms with Gasteiger partial charge in [0, 0.05) is 29.2 Å². The molecule has 1 heterocycles. The van der Waals surface area contributed by atoms with Crippen LogP contribution in [0.1, 0.15) is 11.1 Å². The zero-order valence-electron chi connectivity index (χ0n) is 9.64. The van der Waals surface area contributed by atoms with Crippen molar-refractivity contribution < 1.29 is 9.31 Å². The van der Waals surface area contributed by atoms with Crippen LogP contribution < -0.4 is 5.32 Å². The molecule has 0 aliphatic carbocycles. The van der Waals surface area contributed by atoms with Gasteiger partial charge in [0.25, 0.3) is 0 Å². The Kier molecular flexibility index (Phi) is 3.57. The second kappa shape index (κ2) is 5.14. The van der Waals surface area contributed by atoms with E-state index in [9.17, 15) is 14.5 Å². The summed E-state index contributed by atoms with van der Waals surface area (Å²) in [5.41, 5.74) is 2.06. The molecule has 1 aromatic carbocycles. The number of nitrogens with zero attached hydrogens (tertiary/aromatic N) is 1. The van der Waals surface area contributed by atoms with Gasteiger partial charge in [-0.25, -0.2) is 4.39 Å². The summed E-state index contributed by atoms with van der Waals surface area (Å²) >= 11 is 1.09. The maximum atomic E-state index is 13.3. The highest BCUT2D eigenvalue weighted by atomic mass is 32.1. The third kappa shape index (κ3) is 2.65. The minimum atomic E-state index is -0.415. The number of hydrogen-bond donors (Lipinski definition) is 1. The van der Waals surface area contributed by atoms with Crippen molar-refractivity contribution in [1.29, 1.82) is 0 Å². The minimum absolute atomic E-state index is 0.114. The Morgan fingerprint density at radius 3 is 2.94 bits per heavy atom. The van der Waals surface area contributed by atoms with E-state index in [1.807, 2.05) is 0 Å². The van der Waals surface area contributed by atoms with Gasteiger partial charge < -0.3 is 5.32 Å². The summed E-state index contributed by atoms with van der Waals surface area (Å²) in [4.78, 5) is 10.1. The Hall–Kier alpha value is -1.95. The quantitative estimate of drug-likeness (QED) is 0.678. The van der Waals surface area contributed by atoms with Crippen molar-refractivity contribution in [2.24, 2.45) is 0 Å². The Balaban J connectivity index is 2.07. The predicted octanol–water partition coefficient (Wildman–Crippen LogP) is 3.72. The molecule has 0 aliphatic rings. The van der Waals surface area contributed by atoms with E-state index in [1.54, 1.807) is 24.4 Å². The Morgan fingerprint density at radius 2 is 2.28 bits per heavy atom. The molecule has 0 saturated heterocycles. The molecular weight excluding hydrogens is 255 g/mol. The Labute approximate surface area is 107 Å². The van der Waals surface area contributed by atoms with Crippen molar-refractivity contribution >= 4 is 22.0 Å². The largest absolute Gasteiger partial charge is 0.381 e. The van der Waals surface area contributed by atoms with Crippen LogP contribution in [0, 0.1) is 22.9 Å². The van der Waals surface area contributed by atoms with Gasteiger partial charge in [-0.05, 0) is 24.6 Å². The lowest BCUT2D eigenvalue weighted by molar-refractivity contribution is -0.380. The van der Waals surface area contributed by atoms with Crippen molar-refractivity contribution in [3.8, 4) is 0 Å². The molecule has 6 heteroatoms. The molecule has 2 aromatic rings. The standard InChI is InChI=1S/C12H11FN2O2S/c1-8-10(13)3-2-4-11(8)14-6-9-5-12(15(16)17)18-7-9/h2-5,7,14H,6H2,1H3. The maximum absolute atomic E-state index is 13.3. The topological polar surface area (TPSA) is 55.2 Å². The van der Waals surface area contributed by atoms with Crippen molar-refractivity contribution in [2.45, 2.75) is 13.5 Å². The smallest absolute Gasteiger partial charge is 0.324 e. The molecule has 0 fully saturated rings. The fraction of sp³-hybridized carbons (Fsp3) is 0.167. The number of halogens is 1. The number of hydrogen-bond acceptors (Lipinski definition) is 4. The molecule has 0 unspecified atom stereocenters. The first-order valence-electron chi connectivity index (χ1n) is 5.28. The van der Waals surface area contributed by atoms with Crippen LogP contribution in [-0.4, -0.2) is 4.92 Å². The summed E-state index contributed by atoms with van der Waals surface area (Å²) in [5.74, 6) is -0.267. The Bertz CT molecular complexity index is 583. The van der Waals surface area contributed by atoms with Gasteiger partial charge >= 0.3 is 5.00 Å². The zero-order valence-corrected chi connectivity index (χ0v) is 10.5. The molecule has 0 bridgehead atoms. The minimum Gasteiger partial charge on any atom is -0.381 e. The molecule has 18 heavy (non-hydrogen) atoms. The van der Waals surface area contributed by atoms with E-state index in [4.69, 9.17) is 0 Å². The van der Waals surface area contributed by atoms with Gasteiger partial charge in [-0.15, -0.1) is 0 Å². The summed E-state index contributed by atoms with van der Waals surface area (Å²) in [6.45, 7) is 2.13.